The van der Waals surface area contributed by atoms with Gasteiger partial charge in [-0.1, -0.05) is 17.7 Å². The molecule has 0 aliphatic carbocycles. The molecule has 0 radical (unpaired) electrons. The standard InChI is InChI=1S/C18H21NO2S/c1-14-4-6-15(7-5-14)19(2)18(20)12-13-22-17-10-8-16(21-3)9-11-17/h4-11H,12-13H2,1-3H3. The number of rotatable bonds is 6. The highest BCUT2D eigenvalue weighted by molar-refractivity contribution is 7.99. The van der Waals surface area contributed by atoms with Gasteiger partial charge in [0.05, 0.1) is 7.11 Å². The number of carbonyl (C=O) groups excluding carboxylic acids is 1. The number of nitrogens with zero attached hydrogens (tertiary/aromatic N) is 1. The lowest BCUT2D eigenvalue weighted by molar-refractivity contribution is -0.117. The van der Waals surface area contributed by atoms with E-state index in [-0.39, 0.29) is 5.91 Å². The van der Waals surface area contributed by atoms with Gasteiger partial charge in [-0.25, -0.2) is 0 Å². The Morgan fingerprint density at radius 2 is 1.73 bits per heavy atom. The fourth-order valence-electron chi connectivity index (χ4n) is 2.01. The number of hydrogen-bond donors (Lipinski definition) is 0. The Morgan fingerprint density at radius 3 is 2.32 bits per heavy atom. The third-order valence-corrected chi connectivity index (χ3v) is 4.45. The molecule has 0 heterocycles. The van der Waals surface area contributed by atoms with Gasteiger partial charge in [-0.3, -0.25) is 4.79 Å². The zero-order valence-electron chi connectivity index (χ0n) is 13.2. The number of benzene rings is 2. The average Bonchev–Trinajstić information content (AvgIpc) is 2.55. The highest BCUT2D eigenvalue weighted by atomic mass is 32.2. The van der Waals surface area contributed by atoms with Gasteiger partial charge in [-0.15, -0.1) is 11.8 Å². The zero-order chi connectivity index (χ0) is 15.9. The van der Waals surface area contributed by atoms with Crippen LogP contribution in [0.25, 0.3) is 0 Å². The first-order valence-corrected chi connectivity index (χ1v) is 8.19. The van der Waals surface area contributed by atoms with Crippen molar-refractivity contribution < 1.29 is 9.53 Å². The monoisotopic (exact) mass is 315 g/mol. The van der Waals surface area contributed by atoms with Crippen LogP contribution < -0.4 is 9.64 Å². The summed E-state index contributed by atoms with van der Waals surface area (Å²) < 4.78 is 5.13. The summed E-state index contributed by atoms with van der Waals surface area (Å²) >= 11 is 1.68. The van der Waals surface area contributed by atoms with Gasteiger partial charge in [-0.05, 0) is 43.3 Å². The normalized spacial score (nSPS) is 10.3. The smallest absolute Gasteiger partial charge is 0.227 e. The summed E-state index contributed by atoms with van der Waals surface area (Å²) in [5.41, 5.74) is 2.13. The SMILES string of the molecule is COc1ccc(SCCC(=O)N(C)c2ccc(C)cc2)cc1. The Bertz CT molecular complexity index is 608. The molecule has 2 aromatic carbocycles. The van der Waals surface area contributed by atoms with E-state index >= 15 is 0 Å². The molecule has 22 heavy (non-hydrogen) atoms. The lowest BCUT2D eigenvalue weighted by atomic mass is 10.2. The molecule has 116 valence electrons. The molecule has 0 aliphatic heterocycles. The number of ether oxygens (including phenoxy) is 1. The highest BCUT2D eigenvalue weighted by Gasteiger charge is 2.10. The van der Waals surface area contributed by atoms with Crippen molar-refractivity contribution in [2.24, 2.45) is 0 Å². The van der Waals surface area contributed by atoms with Gasteiger partial charge < -0.3 is 9.64 Å². The summed E-state index contributed by atoms with van der Waals surface area (Å²) in [7, 11) is 3.48. The van der Waals surface area contributed by atoms with Crippen LogP contribution in [0.3, 0.4) is 0 Å². The van der Waals surface area contributed by atoms with Crippen LogP contribution in [0.4, 0.5) is 5.69 Å². The fourth-order valence-corrected chi connectivity index (χ4v) is 2.85. The first kappa shape index (κ1) is 16.4. The van der Waals surface area contributed by atoms with Crippen molar-refractivity contribution in [3.63, 3.8) is 0 Å². The molecule has 0 atom stereocenters. The molecule has 0 bridgehead atoms. The van der Waals surface area contributed by atoms with Crippen molar-refractivity contribution in [3.8, 4) is 5.75 Å². The number of hydrogen-bond acceptors (Lipinski definition) is 3. The van der Waals surface area contributed by atoms with E-state index in [4.69, 9.17) is 4.74 Å². The van der Waals surface area contributed by atoms with E-state index in [1.54, 1.807) is 23.8 Å². The molecule has 4 heteroatoms. The molecule has 0 fully saturated rings. The minimum Gasteiger partial charge on any atom is -0.497 e. The van der Waals surface area contributed by atoms with E-state index < -0.39 is 0 Å². The molecule has 2 rings (SSSR count). The van der Waals surface area contributed by atoms with Crippen LogP contribution >= 0.6 is 11.8 Å². The quantitative estimate of drug-likeness (QED) is 0.750. The number of amides is 1. The van der Waals surface area contributed by atoms with E-state index in [0.29, 0.717) is 6.42 Å². The predicted octanol–water partition coefficient (Wildman–Crippen LogP) is 4.15. The van der Waals surface area contributed by atoms with Crippen LogP contribution in [0.2, 0.25) is 0 Å². The van der Waals surface area contributed by atoms with Gasteiger partial charge in [0.1, 0.15) is 5.75 Å². The first-order chi connectivity index (χ1) is 10.6. The summed E-state index contributed by atoms with van der Waals surface area (Å²) in [5, 5.41) is 0. The van der Waals surface area contributed by atoms with Crippen LogP contribution in [0, 0.1) is 6.92 Å². The third kappa shape index (κ3) is 4.53. The highest BCUT2D eigenvalue weighted by Crippen LogP contribution is 2.22. The molecule has 0 spiro atoms. The van der Waals surface area contributed by atoms with E-state index in [0.717, 1.165) is 22.1 Å². The second kappa shape index (κ2) is 7.90. The molecule has 2 aromatic rings. The van der Waals surface area contributed by atoms with E-state index in [1.807, 2.05) is 62.5 Å². The van der Waals surface area contributed by atoms with Gasteiger partial charge in [-0.2, -0.15) is 0 Å². The van der Waals surface area contributed by atoms with Crippen LogP contribution in [0.1, 0.15) is 12.0 Å². The Morgan fingerprint density at radius 1 is 1.09 bits per heavy atom. The largest absolute Gasteiger partial charge is 0.497 e. The number of carbonyl (C=O) groups is 1. The van der Waals surface area contributed by atoms with Gasteiger partial charge >= 0.3 is 0 Å². The zero-order valence-corrected chi connectivity index (χ0v) is 14.0. The number of thioether (sulfide) groups is 1. The number of aryl methyl sites for hydroxylation is 1. The van der Waals surface area contributed by atoms with Crippen molar-refractivity contribution in [2.45, 2.75) is 18.2 Å². The maximum Gasteiger partial charge on any atom is 0.227 e. The molecular weight excluding hydrogens is 294 g/mol. The van der Waals surface area contributed by atoms with Crippen LogP contribution in [-0.2, 0) is 4.79 Å². The number of methoxy groups -OCH3 is 1. The number of anilines is 1. The molecule has 0 N–H and O–H groups in total. The molecule has 1 amide bonds. The van der Waals surface area contributed by atoms with Crippen LogP contribution in [0.5, 0.6) is 5.75 Å². The van der Waals surface area contributed by atoms with E-state index in [9.17, 15) is 4.79 Å². The van der Waals surface area contributed by atoms with Crippen LogP contribution in [-0.4, -0.2) is 25.8 Å². The third-order valence-electron chi connectivity index (χ3n) is 3.44. The van der Waals surface area contributed by atoms with Crippen molar-refractivity contribution >= 4 is 23.4 Å². The topological polar surface area (TPSA) is 29.5 Å². The second-order valence-electron chi connectivity index (χ2n) is 5.06. The Hall–Kier alpha value is -1.94. The molecular formula is C18H21NO2S. The maximum absolute atomic E-state index is 12.2. The molecule has 0 aromatic heterocycles. The van der Waals surface area contributed by atoms with Crippen molar-refractivity contribution in [2.75, 3.05) is 24.8 Å². The molecule has 0 aliphatic rings. The molecule has 0 saturated carbocycles. The predicted molar refractivity (Wildman–Crippen MR) is 92.9 cm³/mol. The van der Waals surface area contributed by atoms with E-state index in [1.165, 1.54) is 5.56 Å². The van der Waals surface area contributed by atoms with Crippen molar-refractivity contribution in [1.82, 2.24) is 0 Å². The van der Waals surface area contributed by atoms with Gasteiger partial charge in [0, 0.05) is 29.8 Å². The molecule has 3 nitrogen and oxygen atoms in total. The summed E-state index contributed by atoms with van der Waals surface area (Å²) in [6.07, 6.45) is 0.515. The minimum atomic E-state index is 0.130. The molecule has 0 unspecified atom stereocenters. The molecule has 0 saturated heterocycles. The Balaban J connectivity index is 1.82. The van der Waals surface area contributed by atoms with Crippen molar-refractivity contribution in [1.29, 1.82) is 0 Å². The summed E-state index contributed by atoms with van der Waals surface area (Å²) in [6.45, 7) is 2.04. The van der Waals surface area contributed by atoms with Gasteiger partial charge in [0.2, 0.25) is 5.91 Å². The van der Waals surface area contributed by atoms with Crippen molar-refractivity contribution in [3.05, 3.63) is 54.1 Å². The first-order valence-electron chi connectivity index (χ1n) is 7.20. The maximum atomic E-state index is 12.2. The van der Waals surface area contributed by atoms with Gasteiger partial charge in [0.25, 0.3) is 0 Å². The lowest BCUT2D eigenvalue weighted by Crippen LogP contribution is -2.26. The summed E-state index contributed by atoms with van der Waals surface area (Å²) in [6, 6.07) is 15.9. The fraction of sp³-hybridized carbons (Fsp3) is 0.278. The Kier molecular flexibility index (Phi) is 5.90. The lowest BCUT2D eigenvalue weighted by Gasteiger charge is -2.17. The Labute approximate surface area is 136 Å². The second-order valence-corrected chi connectivity index (χ2v) is 6.23. The van der Waals surface area contributed by atoms with Crippen LogP contribution in [0.15, 0.2) is 53.4 Å². The van der Waals surface area contributed by atoms with E-state index in [2.05, 4.69) is 0 Å². The average molecular weight is 315 g/mol. The van der Waals surface area contributed by atoms with Gasteiger partial charge in [0.15, 0.2) is 0 Å². The summed E-state index contributed by atoms with van der Waals surface area (Å²) in [5.74, 6) is 1.74. The summed E-state index contributed by atoms with van der Waals surface area (Å²) in [4.78, 5) is 15.1. The minimum absolute atomic E-state index is 0.130.